The summed E-state index contributed by atoms with van der Waals surface area (Å²) in [7, 11) is 1.96. The topological polar surface area (TPSA) is 61.7 Å². The molecule has 0 aliphatic rings. The molecule has 2 heterocycles. The number of nitrogens with two attached hydrogens (primary N) is 1. The number of hydrogen-bond acceptors (Lipinski definition) is 3. The summed E-state index contributed by atoms with van der Waals surface area (Å²) in [6.45, 7) is 4.84. The van der Waals surface area contributed by atoms with Gasteiger partial charge >= 0.3 is 0 Å². The molecule has 0 saturated heterocycles. The minimum absolute atomic E-state index is 0.189. The van der Waals surface area contributed by atoms with E-state index in [-0.39, 0.29) is 6.04 Å². The highest BCUT2D eigenvalue weighted by Gasteiger charge is 2.12. The van der Waals surface area contributed by atoms with Crippen molar-refractivity contribution in [3.8, 4) is 0 Å². The lowest BCUT2D eigenvalue weighted by molar-refractivity contribution is 0.636. The van der Waals surface area contributed by atoms with E-state index in [1.807, 2.05) is 25.0 Å². The van der Waals surface area contributed by atoms with Crippen LogP contribution in [0.3, 0.4) is 0 Å². The summed E-state index contributed by atoms with van der Waals surface area (Å²) in [4.78, 5) is 4.40. The molecule has 2 aromatic heterocycles. The fourth-order valence-electron chi connectivity index (χ4n) is 2.04. The van der Waals surface area contributed by atoms with E-state index in [0.717, 1.165) is 40.9 Å². The second-order valence-corrected chi connectivity index (χ2v) is 5.67. The fraction of sp³-hybridized carbons (Fsp3) is 0.538. The number of rotatable bonds is 5. The lowest BCUT2D eigenvalue weighted by atomic mass is 10.1. The molecule has 0 radical (unpaired) electrons. The quantitative estimate of drug-likeness (QED) is 0.914. The molecule has 0 bridgehead atoms. The van der Waals surface area contributed by atoms with Crippen LogP contribution in [0.4, 0.5) is 0 Å². The van der Waals surface area contributed by atoms with Crippen LogP contribution >= 0.6 is 15.9 Å². The van der Waals surface area contributed by atoms with Crippen LogP contribution in [0.5, 0.6) is 0 Å². The minimum atomic E-state index is 0.189. The molecule has 2 N–H and O–H groups in total. The maximum atomic E-state index is 5.95. The number of aromatic nitrogens is 4. The fourth-order valence-corrected chi connectivity index (χ4v) is 2.50. The Morgan fingerprint density at radius 2 is 2.21 bits per heavy atom. The molecule has 0 spiro atoms. The van der Waals surface area contributed by atoms with E-state index in [1.54, 1.807) is 0 Å². The van der Waals surface area contributed by atoms with Gasteiger partial charge in [-0.3, -0.25) is 4.68 Å². The van der Waals surface area contributed by atoms with E-state index in [9.17, 15) is 0 Å². The predicted octanol–water partition coefficient (Wildman–Crippen LogP) is 2.02. The third-order valence-electron chi connectivity index (χ3n) is 3.28. The largest absolute Gasteiger partial charge is 0.331 e. The highest BCUT2D eigenvalue weighted by atomic mass is 79.9. The van der Waals surface area contributed by atoms with E-state index in [2.05, 4.69) is 43.7 Å². The molecule has 104 valence electrons. The van der Waals surface area contributed by atoms with Gasteiger partial charge in [0, 0.05) is 25.7 Å². The third-order valence-corrected chi connectivity index (χ3v) is 4.31. The standard InChI is InChI=1S/C13H20BrN5/c1-4-10(15)5-11-6-19(8-16-11)7-12-13(14)9(2)17-18(12)3/h6,8,10H,4-5,7,15H2,1-3H3. The molecule has 5 nitrogen and oxygen atoms in total. The van der Waals surface area contributed by atoms with Gasteiger partial charge in [0.25, 0.3) is 0 Å². The van der Waals surface area contributed by atoms with E-state index >= 15 is 0 Å². The average molecular weight is 326 g/mol. The Morgan fingerprint density at radius 3 is 2.79 bits per heavy atom. The smallest absolute Gasteiger partial charge is 0.0953 e. The SMILES string of the molecule is CCC(N)Cc1cn(Cc2c(Br)c(C)nn2C)cn1. The summed E-state index contributed by atoms with van der Waals surface area (Å²) >= 11 is 3.58. The maximum absolute atomic E-state index is 5.95. The Kier molecular flexibility index (Phi) is 4.42. The van der Waals surface area contributed by atoms with Crippen molar-refractivity contribution < 1.29 is 0 Å². The molecule has 0 aliphatic heterocycles. The van der Waals surface area contributed by atoms with Crippen molar-refractivity contribution in [1.29, 1.82) is 0 Å². The van der Waals surface area contributed by atoms with Gasteiger partial charge in [0.05, 0.1) is 34.4 Å². The zero-order valence-corrected chi connectivity index (χ0v) is 13.2. The van der Waals surface area contributed by atoms with Crippen molar-refractivity contribution in [3.05, 3.63) is 34.1 Å². The van der Waals surface area contributed by atoms with Crippen LogP contribution in [0, 0.1) is 6.92 Å². The Morgan fingerprint density at radius 1 is 1.47 bits per heavy atom. The van der Waals surface area contributed by atoms with Crippen LogP contribution in [-0.2, 0) is 20.0 Å². The van der Waals surface area contributed by atoms with Crippen molar-refractivity contribution >= 4 is 15.9 Å². The van der Waals surface area contributed by atoms with Crippen molar-refractivity contribution in [2.75, 3.05) is 0 Å². The zero-order chi connectivity index (χ0) is 14.0. The Labute approximate surface area is 121 Å². The van der Waals surface area contributed by atoms with Gasteiger partial charge in [0.15, 0.2) is 0 Å². The number of halogens is 1. The summed E-state index contributed by atoms with van der Waals surface area (Å²) in [5.41, 5.74) is 9.14. The van der Waals surface area contributed by atoms with Gasteiger partial charge in [0.2, 0.25) is 0 Å². The monoisotopic (exact) mass is 325 g/mol. The van der Waals surface area contributed by atoms with Crippen LogP contribution < -0.4 is 5.73 Å². The molecule has 2 aromatic rings. The molecular weight excluding hydrogens is 306 g/mol. The second kappa shape index (κ2) is 5.88. The minimum Gasteiger partial charge on any atom is -0.331 e. The number of imidazole rings is 1. The van der Waals surface area contributed by atoms with E-state index in [1.165, 1.54) is 0 Å². The number of hydrogen-bond donors (Lipinski definition) is 1. The molecule has 1 atom stereocenters. The first-order chi connectivity index (χ1) is 9.01. The van der Waals surface area contributed by atoms with Gasteiger partial charge < -0.3 is 10.3 Å². The van der Waals surface area contributed by atoms with Gasteiger partial charge in [-0.1, -0.05) is 6.92 Å². The number of nitrogens with zero attached hydrogens (tertiary/aromatic N) is 4. The maximum Gasteiger partial charge on any atom is 0.0953 e. The van der Waals surface area contributed by atoms with Gasteiger partial charge in [-0.2, -0.15) is 5.10 Å². The van der Waals surface area contributed by atoms with Crippen LogP contribution in [0.2, 0.25) is 0 Å². The molecule has 1 unspecified atom stereocenters. The van der Waals surface area contributed by atoms with Gasteiger partial charge in [-0.25, -0.2) is 4.98 Å². The first kappa shape index (κ1) is 14.3. The molecule has 0 aliphatic carbocycles. The van der Waals surface area contributed by atoms with E-state index in [4.69, 9.17) is 5.73 Å². The molecule has 0 saturated carbocycles. The third kappa shape index (κ3) is 3.25. The van der Waals surface area contributed by atoms with Crippen LogP contribution in [0.25, 0.3) is 0 Å². The van der Waals surface area contributed by atoms with Crippen molar-refractivity contribution in [2.24, 2.45) is 12.8 Å². The van der Waals surface area contributed by atoms with Gasteiger partial charge in [0.1, 0.15) is 0 Å². The summed E-state index contributed by atoms with van der Waals surface area (Å²) < 4.78 is 5.03. The molecule has 19 heavy (non-hydrogen) atoms. The molecule has 2 rings (SSSR count). The van der Waals surface area contributed by atoms with Gasteiger partial charge in [-0.05, 0) is 29.3 Å². The zero-order valence-electron chi connectivity index (χ0n) is 11.6. The molecule has 0 fully saturated rings. The predicted molar refractivity (Wildman–Crippen MR) is 78.9 cm³/mol. The summed E-state index contributed by atoms with van der Waals surface area (Å²) in [5, 5.41) is 4.39. The lowest BCUT2D eigenvalue weighted by Crippen LogP contribution is -2.21. The van der Waals surface area contributed by atoms with Crippen LogP contribution in [0.15, 0.2) is 17.0 Å². The van der Waals surface area contributed by atoms with Crippen molar-refractivity contribution in [3.63, 3.8) is 0 Å². The molecule has 6 heteroatoms. The first-order valence-electron chi connectivity index (χ1n) is 6.45. The van der Waals surface area contributed by atoms with Crippen molar-refractivity contribution in [2.45, 2.75) is 39.3 Å². The highest BCUT2D eigenvalue weighted by Crippen LogP contribution is 2.21. The highest BCUT2D eigenvalue weighted by molar-refractivity contribution is 9.10. The first-order valence-corrected chi connectivity index (χ1v) is 7.24. The second-order valence-electron chi connectivity index (χ2n) is 4.88. The lowest BCUT2D eigenvalue weighted by Gasteiger charge is -2.05. The summed E-state index contributed by atoms with van der Waals surface area (Å²) in [5.74, 6) is 0. The Bertz CT molecular complexity index is 557. The van der Waals surface area contributed by atoms with Crippen molar-refractivity contribution in [1.82, 2.24) is 19.3 Å². The van der Waals surface area contributed by atoms with Gasteiger partial charge in [-0.15, -0.1) is 0 Å². The summed E-state index contributed by atoms with van der Waals surface area (Å²) in [6.07, 6.45) is 5.71. The molecule has 0 aromatic carbocycles. The summed E-state index contributed by atoms with van der Waals surface area (Å²) in [6, 6.07) is 0.189. The molecule has 0 amide bonds. The number of aryl methyl sites for hydroxylation is 2. The van der Waals surface area contributed by atoms with E-state index in [0.29, 0.717) is 0 Å². The van der Waals surface area contributed by atoms with E-state index < -0.39 is 0 Å². The Balaban J connectivity index is 2.11. The van der Waals surface area contributed by atoms with Crippen LogP contribution in [0.1, 0.15) is 30.4 Å². The Hall–Kier alpha value is -1.14. The average Bonchev–Trinajstić information content (AvgIpc) is 2.90. The molecular formula is C13H20BrN5. The normalized spacial score (nSPS) is 12.9. The van der Waals surface area contributed by atoms with Crippen LogP contribution in [-0.4, -0.2) is 25.4 Å².